The lowest BCUT2D eigenvalue weighted by Crippen LogP contribution is -2.37. The van der Waals surface area contributed by atoms with E-state index >= 15 is 0 Å². The Morgan fingerprint density at radius 1 is 1.07 bits per heavy atom. The highest BCUT2D eigenvalue weighted by Crippen LogP contribution is 2.29. The molecule has 0 aliphatic carbocycles. The van der Waals surface area contributed by atoms with Crippen molar-refractivity contribution in [1.82, 2.24) is 20.1 Å². The summed E-state index contributed by atoms with van der Waals surface area (Å²) in [6, 6.07) is 16.7. The Labute approximate surface area is 171 Å². The fraction of sp³-hybridized carbons (Fsp3) is 0.391. The lowest BCUT2D eigenvalue weighted by molar-refractivity contribution is 0.269. The maximum Gasteiger partial charge on any atom is 0.161 e. The van der Waals surface area contributed by atoms with Gasteiger partial charge in [0.15, 0.2) is 11.5 Å². The number of aryl methyl sites for hydroxylation is 2. The first kappa shape index (κ1) is 19.5. The minimum absolute atomic E-state index is 0.396. The van der Waals surface area contributed by atoms with Crippen LogP contribution in [0.15, 0.2) is 48.5 Å². The van der Waals surface area contributed by atoms with Crippen molar-refractivity contribution in [3.05, 3.63) is 71.3 Å². The van der Waals surface area contributed by atoms with Crippen molar-refractivity contribution in [3.63, 3.8) is 0 Å². The molecule has 0 saturated carbocycles. The maximum atomic E-state index is 6.00. The van der Waals surface area contributed by atoms with Gasteiger partial charge in [-0.1, -0.05) is 36.4 Å². The van der Waals surface area contributed by atoms with Crippen LogP contribution >= 0.6 is 0 Å². The van der Waals surface area contributed by atoms with Crippen molar-refractivity contribution in [3.8, 4) is 11.5 Å². The van der Waals surface area contributed by atoms with Crippen LogP contribution in [0.3, 0.4) is 0 Å². The molecule has 0 radical (unpaired) electrons. The van der Waals surface area contributed by atoms with E-state index in [1.165, 1.54) is 5.56 Å². The van der Waals surface area contributed by atoms with Crippen molar-refractivity contribution < 1.29 is 9.47 Å². The fourth-order valence-electron chi connectivity index (χ4n) is 3.65. The average molecular weight is 393 g/mol. The third-order valence-electron chi connectivity index (χ3n) is 5.10. The SMILES string of the molecule is CCOc1cc(CNC2CCc3nc(C)nn3C2)ccc1OCc1ccccc1. The first-order chi connectivity index (χ1) is 14.2. The molecule has 4 rings (SSSR count). The number of fused-ring (bicyclic) bond motifs is 1. The van der Waals surface area contributed by atoms with E-state index in [-0.39, 0.29) is 0 Å². The number of aromatic nitrogens is 3. The number of ether oxygens (including phenoxy) is 2. The zero-order valence-electron chi connectivity index (χ0n) is 17.1. The van der Waals surface area contributed by atoms with Gasteiger partial charge in [-0.2, -0.15) is 5.10 Å². The van der Waals surface area contributed by atoms with Crippen molar-refractivity contribution in [1.29, 1.82) is 0 Å². The normalized spacial score (nSPS) is 15.7. The summed E-state index contributed by atoms with van der Waals surface area (Å²) >= 11 is 0. The van der Waals surface area contributed by atoms with Gasteiger partial charge in [0.2, 0.25) is 0 Å². The summed E-state index contributed by atoms with van der Waals surface area (Å²) in [4.78, 5) is 4.48. The molecule has 1 aliphatic heterocycles. The standard InChI is InChI=1S/C23H28N4O2/c1-3-28-22-13-19(9-11-21(22)29-16-18-7-5-4-6-8-18)14-24-20-10-12-23-25-17(2)26-27(23)15-20/h4-9,11,13,20,24H,3,10,12,14-16H2,1-2H3. The van der Waals surface area contributed by atoms with Crippen molar-refractivity contribution in [2.45, 2.75) is 52.4 Å². The van der Waals surface area contributed by atoms with Gasteiger partial charge in [0.25, 0.3) is 0 Å². The van der Waals surface area contributed by atoms with E-state index < -0.39 is 0 Å². The average Bonchev–Trinajstić information content (AvgIpc) is 3.12. The molecule has 1 aliphatic rings. The number of rotatable bonds is 8. The van der Waals surface area contributed by atoms with E-state index in [9.17, 15) is 0 Å². The number of hydrogen-bond donors (Lipinski definition) is 1. The molecule has 1 atom stereocenters. The van der Waals surface area contributed by atoms with Crippen LogP contribution in [0, 0.1) is 6.92 Å². The third-order valence-corrected chi connectivity index (χ3v) is 5.10. The molecule has 2 aromatic carbocycles. The summed E-state index contributed by atoms with van der Waals surface area (Å²) < 4.78 is 13.9. The fourth-order valence-corrected chi connectivity index (χ4v) is 3.65. The van der Waals surface area contributed by atoms with Gasteiger partial charge in [0.05, 0.1) is 13.2 Å². The summed E-state index contributed by atoms with van der Waals surface area (Å²) in [6.45, 7) is 6.73. The number of hydrogen-bond acceptors (Lipinski definition) is 5. The second-order valence-electron chi connectivity index (χ2n) is 7.36. The Morgan fingerprint density at radius 2 is 1.93 bits per heavy atom. The highest BCUT2D eigenvalue weighted by atomic mass is 16.5. The van der Waals surface area contributed by atoms with Gasteiger partial charge in [0, 0.05) is 19.0 Å². The summed E-state index contributed by atoms with van der Waals surface area (Å²) in [5, 5.41) is 8.13. The van der Waals surface area contributed by atoms with Crippen LogP contribution in [0.4, 0.5) is 0 Å². The molecule has 152 valence electrons. The molecule has 29 heavy (non-hydrogen) atoms. The number of nitrogens with zero attached hydrogens (tertiary/aromatic N) is 3. The molecule has 6 heteroatoms. The van der Waals surface area contributed by atoms with Gasteiger partial charge in [-0.25, -0.2) is 9.67 Å². The Morgan fingerprint density at radius 3 is 2.76 bits per heavy atom. The lowest BCUT2D eigenvalue weighted by Gasteiger charge is -2.24. The zero-order chi connectivity index (χ0) is 20.1. The van der Waals surface area contributed by atoms with Crippen LogP contribution in [0.1, 0.15) is 36.1 Å². The van der Waals surface area contributed by atoms with Crippen LogP contribution < -0.4 is 14.8 Å². The van der Waals surface area contributed by atoms with Gasteiger partial charge < -0.3 is 14.8 Å². The Kier molecular flexibility index (Phi) is 6.10. The van der Waals surface area contributed by atoms with E-state index in [1.54, 1.807) is 0 Å². The predicted octanol–water partition coefficient (Wildman–Crippen LogP) is 3.67. The van der Waals surface area contributed by atoms with Crippen molar-refractivity contribution >= 4 is 0 Å². The first-order valence-electron chi connectivity index (χ1n) is 10.3. The molecule has 0 bridgehead atoms. The monoisotopic (exact) mass is 392 g/mol. The van der Waals surface area contributed by atoms with E-state index in [0.717, 1.165) is 54.6 Å². The molecule has 0 spiro atoms. The van der Waals surface area contributed by atoms with Crippen LogP contribution in [-0.2, 0) is 26.1 Å². The minimum atomic E-state index is 0.396. The van der Waals surface area contributed by atoms with Gasteiger partial charge in [0.1, 0.15) is 18.3 Å². The summed E-state index contributed by atoms with van der Waals surface area (Å²) in [7, 11) is 0. The summed E-state index contributed by atoms with van der Waals surface area (Å²) in [5.74, 6) is 3.52. The maximum absolute atomic E-state index is 6.00. The van der Waals surface area contributed by atoms with Crippen molar-refractivity contribution in [2.75, 3.05) is 6.61 Å². The minimum Gasteiger partial charge on any atom is -0.490 e. The zero-order valence-corrected chi connectivity index (χ0v) is 17.1. The predicted molar refractivity (Wildman–Crippen MR) is 112 cm³/mol. The van der Waals surface area contributed by atoms with Gasteiger partial charge in [-0.15, -0.1) is 0 Å². The molecular weight excluding hydrogens is 364 g/mol. The molecular formula is C23H28N4O2. The number of benzene rings is 2. The van der Waals surface area contributed by atoms with E-state index in [2.05, 4.69) is 39.7 Å². The summed E-state index contributed by atoms with van der Waals surface area (Å²) in [6.07, 6.45) is 2.05. The lowest BCUT2D eigenvalue weighted by atomic mass is 10.1. The van der Waals surface area contributed by atoms with E-state index in [1.807, 2.05) is 42.8 Å². The quantitative estimate of drug-likeness (QED) is 0.634. The molecule has 1 unspecified atom stereocenters. The molecule has 0 saturated heterocycles. The second kappa shape index (κ2) is 9.09. The number of nitrogens with one attached hydrogen (secondary N) is 1. The third kappa shape index (κ3) is 4.95. The van der Waals surface area contributed by atoms with Gasteiger partial charge in [-0.05, 0) is 43.5 Å². The molecule has 2 heterocycles. The highest BCUT2D eigenvalue weighted by Gasteiger charge is 2.20. The van der Waals surface area contributed by atoms with Crippen LogP contribution in [0.5, 0.6) is 11.5 Å². The van der Waals surface area contributed by atoms with E-state index in [4.69, 9.17) is 9.47 Å². The molecule has 0 fully saturated rings. The van der Waals surface area contributed by atoms with E-state index in [0.29, 0.717) is 19.3 Å². The highest BCUT2D eigenvalue weighted by molar-refractivity contribution is 5.43. The Balaban J connectivity index is 1.37. The first-order valence-corrected chi connectivity index (χ1v) is 10.3. The Hall–Kier alpha value is -2.86. The van der Waals surface area contributed by atoms with Crippen LogP contribution in [0.2, 0.25) is 0 Å². The Bertz CT molecular complexity index is 939. The van der Waals surface area contributed by atoms with Crippen LogP contribution in [0.25, 0.3) is 0 Å². The molecule has 6 nitrogen and oxygen atoms in total. The molecule has 0 amide bonds. The molecule has 1 N–H and O–H groups in total. The van der Waals surface area contributed by atoms with Crippen LogP contribution in [-0.4, -0.2) is 27.4 Å². The smallest absolute Gasteiger partial charge is 0.161 e. The topological polar surface area (TPSA) is 61.2 Å². The van der Waals surface area contributed by atoms with Gasteiger partial charge >= 0.3 is 0 Å². The van der Waals surface area contributed by atoms with Crippen molar-refractivity contribution in [2.24, 2.45) is 0 Å². The largest absolute Gasteiger partial charge is 0.490 e. The molecule has 1 aromatic heterocycles. The van der Waals surface area contributed by atoms with Gasteiger partial charge in [-0.3, -0.25) is 0 Å². The summed E-state index contributed by atoms with van der Waals surface area (Å²) in [5.41, 5.74) is 2.32. The molecule has 3 aromatic rings. The second-order valence-corrected chi connectivity index (χ2v) is 7.36.